The van der Waals surface area contributed by atoms with E-state index in [0.717, 1.165) is 29.8 Å². The molecule has 0 unspecified atom stereocenters. The molecule has 21 heavy (non-hydrogen) atoms. The number of aromatic nitrogens is 3. The van der Waals surface area contributed by atoms with Crippen LogP contribution in [0, 0.1) is 6.92 Å². The Balaban J connectivity index is 1.97. The van der Waals surface area contributed by atoms with Crippen LogP contribution in [0.25, 0.3) is 16.9 Å². The van der Waals surface area contributed by atoms with Crippen molar-refractivity contribution in [3.05, 3.63) is 66.1 Å². The summed E-state index contributed by atoms with van der Waals surface area (Å²) in [5.41, 5.74) is 5.75. The lowest BCUT2D eigenvalue weighted by Crippen LogP contribution is -1.96. The van der Waals surface area contributed by atoms with Gasteiger partial charge in [0.1, 0.15) is 0 Å². The predicted molar refractivity (Wildman–Crippen MR) is 85.5 cm³/mol. The Bertz CT molecular complexity index is 726. The van der Waals surface area contributed by atoms with Crippen molar-refractivity contribution in [2.45, 2.75) is 26.7 Å². The first-order chi connectivity index (χ1) is 10.3. The molecule has 0 saturated heterocycles. The highest BCUT2D eigenvalue weighted by Gasteiger charge is 2.08. The van der Waals surface area contributed by atoms with Crippen molar-refractivity contribution in [2.24, 2.45) is 0 Å². The molecule has 2 heterocycles. The number of pyridine rings is 1. The summed E-state index contributed by atoms with van der Waals surface area (Å²) >= 11 is 0. The number of rotatable bonds is 4. The first-order valence-corrected chi connectivity index (χ1v) is 7.34. The van der Waals surface area contributed by atoms with Gasteiger partial charge >= 0.3 is 0 Å². The summed E-state index contributed by atoms with van der Waals surface area (Å²) in [4.78, 5) is 4.25. The molecule has 3 rings (SSSR count). The average molecular weight is 277 g/mol. The zero-order chi connectivity index (χ0) is 14.7. The molecular weight excluding hydrogens is 258 g/mol. The molecule has 106 valence electrons. The van der Waals surface area contributed by atoms with Crippen LogP contribution in [-0.4, -0.2) is 14.8 Å². The minimum Gasteiger partial charge on any atom is -0.264 e. The largest absolute Gasteiger partial charge is 0.264 e. The highest BCUT2D eigenvalue weighted by molar-refractivity contribution is 5.62. The van der Waals surface area contributed by atoms with E-state index in [-0.39, 0.29) is 0 Å². The minimum atomic E-state index is 0.979. The molecule has 0 radical (unpaired) electrons. The number of nitrogens with zero attached hydrogens (tertiary/aromatic N) is 3. The fraction of sp³-hybridized carbons (Fsp3) is 0.222. The van der Waals surface area contributed by atoms with Crippen molar-refractivity contribution < 1.29 is 0 Å². The minimum absolute atomic E-state index is 0.979. The summed E-state index contributed by atoms with van der Waals surface area (Å²) in [5.74, 6) is 0. The standard InChI is InChI=1S/C18H19N3/c1-3-4-15-9-11-19-13-17(15)18-10-12-21(20-18)16-7-5-14(2)6-8-16/h5-13H,3-4H2,1-2H3. The van der Waals surface area contributed by atoms with Gasteiger partial charge in [-0.1, -0.05) is 31.0 Å². The number of hydrogen-bond donors (Lipinski definition) is 0. The van der Waals surface area contributed by atoms with E-state index in [1.165, 1.54) is 11.1 Å². The van der Waals surface area contributed by atoms with Gasteiger partial charge in [0.2, 0.25) is 0 Å². The highest BCUT2D eigenvalue weighted by atomic mass is 15.3. The third-order valence-electron chi connectivity index (χ3n) is 3.59. The topological polar surface area (TPSA) is 30.7 Å². The second-order valence-corrected chi connectivity index (χ2v) is 5.26. The molecule has 0 N–H and O–H groups in total. The Kier molecular flexibility index (Phi) is 3.82. The second kappa shape index (κ2) is 5.92. The number of aryl methyl sites for hydroxylation is 2. The maximum atomic E-state index is 4.70. The first kappa shape index (κ1) is 13.6. The van der Waals surface area contributed by atoms with Gasteiger partial charge in [0.15, 0.2) is 0 Å². The summed E-state index contributed by atoms with van der Waals surface area (Å²) in [5, 5.41) is 4.70. The van der Waals surface area contributed by atoms with Crippen molar-refractivity contribution in [3.63, 3.8) is 0 Å². The lowest BCUT2D eigenvalue weighted by atomic mass is 10.0. The predicted octanol–water partition coefficient (Wildman–Crippen LogP) is 4.20. The zero-order valence-electron chi connectivity index (χ0n) is 12.5. The molecule has 0 bridgehead atoms. The molecule has 0 aliphatic rings. The Labute approximate surface area is 125 Å². The van der Waals surface area contributed by atoms with E-state index < -0.39 is 0 Å². The summed E-state index contributed by atoms with van der Waals surface area (Å²) in [6, 6.07) is 12.5. The lowest BCUT2D eigenvalue weighted by molar-refractivity contribution is 0.878. The van der Waals surface area contributed by atoms with E-state index in [1.807, 2.05) is 23.3 Å². The van der Waals surface area contributed by atoms with Crippen molar-refractivity contribution in [1.82, 2.24) is 14.8 Å². The monoisotopic (exact) mass is 277 g/mol. The molecule has 0 fully saturated rings. The molecule has 3 heteroatoms. The molecule has 3 nitrogen and oxygen atoms in total. The lowest BCUT2D eigenvalue weighted by Gasteiger charge is -2.05. The molecule has 0 amide bonds. The normalized spacial score (nSPS) is 10.8. The molecule has 0 saturated carbocycles. The van der Waals surface area contributed by atoms with Gasteiger partial charge in [-0.3, -0.25) is 4.98 Å². The Morgan fingerprint density at radius 2 is 1.86 bits per heavy atom. The Morgan fingerprint density at radius 1 is 1.05 bits per heavy atom. The van der Waals surface area contributed by atoms with Crippen LogP contribution < -0.4 is 0 Å². The maximum absolute atomic E-state index is 4.70. The fourth-order valence-corrected chi connectivity index (χ4v) is 2.45. The van der Waals surface area contributed by atoms with Crippen LogP contribution in [0.15, 0.2) is 55.0 Å². The quantitative estimate of drug-likeness (QED) is 0.715. The maximum Gasteiger partial charge on any atom is 0.0945 e. The van der Waals surface area contributed by atoms with Gasteiger partial charge in [0.25, 0.3) is 0 Å². The van der Waals surface area contributed by atoms with E-state index in [1.54, 1.807) is 0 Å². The Hall–Kier alpha value is -2.42. The summed E-state index contributed by atoms with van der Waals surface area (Å²) in [6.45, 7) is 4.28. The molecule has 0 aliphatic heterocycles. The van der Waals surface area contributed by atoms with Crippen molar-refractivity contribution in [1.29, 1.82) is 0 Å². The van der Waals surface area contributed by atoms with Crippen LogP contribution in [0.2, 0.25) is 0 Å². The second-order valence-electron chi connectivity index (χ2n) is 5.26. The first-order valence-electron chi connectivity index (χ1n) is 7.34. The molecule has 3 aromatic rings. The number of benzene rings is 1. The smallest absolute Gasteiger partial charge is 0.0945 e. The molecule has 2 aromatic heterocycles. The molecule has 0 aliphatic carbocycles. The zero-order valence-corrected chi connectivity index (χ0v) is 12.5. The Morgan fingerprint density at radius 3 is 2.62 bits per heavy atom. The van der Waals surface area contributed by atoms with Gasteiger partial charge in [-0.2, -0.15) is 5.10 Å². The van der Waals surface area contributed by atoms with Crippen LogP contribution >= 0.6 is 0 Å². The van der Waals surface area contributed by atoms with E-state index >= 15 is 0 Å². The van der Waals surface area contributed by atoms with Gasteiger partial charge in [-0.15, -0.1) is 0 Å². The van der Waals surface area contributed by atoms with Crippen LogP contribution in [0.1, 0.15) is 24.5 Å². The van der Waals surface area contributed by atoms with Crippen molar-refractivity contribution >= 4 is 0 Å². The van der Waals surface area contributed by atoms with Crippen LogP contribution in [-0.2, 0) is 6.42 Å². The highest BCUT2D eigenvalue weighted by Crippen LogP contribution is 2.23. The van der Waals surface area contributed by atoms with Gasteiger partial charge < -0.3 is 0 Å². The van der Waals surface area contributed by atoms with E-state index in [9.17, 15) is 0 Å². The van der Waals surface area contributed by atoms with E-state index in [2.05, 4.69) is 55.2 Å². The van der Waals surface area contributed by atoms with Gasteiger partial charge in [0.05, 0.1) is 11.4 Å². The average Bonchev–Trinajstić information content (AvgIpc) is 2.99. The molecular formula is C18H19N3. The summed E-state index contributed by atoms with van der Waals surface area (Å²) < 4.78 is 1.91. The SMILES string of the molecule is CCCc1ccncc1-c1ccn(-c2ccc(C)cc2)n1. The third-order valence-corrected chi connectivity index (χ3v) is 3.59. The van der Waals surface area contributed by atoms with Crippen LogP contribution in [0.5, 0.6) is 0 Å². The van der Waals surface area contributed by atoms with Crippen LogP contribution in [0.3, 0.4) is 0 Å². The molecule has 1 aromatic carbocycles. The van der Waals surface area contributed by atoms with Crippen molar-refractivity contribution in [3.8, 4) is 16.9 Å². The van der Waals surface area contributed by atoms with Crippen LogP contribution in [0.4, 0.5) is 0 Å². The third kappa shape index (κ3) is 2.87. The summed E-state index contributed by atoms with van der Waals surface area (Å²) in [7, 11) is 0. The van der Waals surface area contributed by atoms with Gasteiger partial charge in [-0.05, 0) is 43.2 Å². The van der Waals surface area contributed by atoms with Gasteiger partial charge in [-0.25, -0.2) is 4.68 Å². The van der Waals surface area contributed by atoms with E-state index in [0.29, 0.717) is 0 Å². The van der Waals surface area contributed by atoms with E-state index in [4.69, 9.17) is 5.10 Å². The van der Waals surface area contributed by atoms with Gasteiger partial charge in [0, 0.05) is 24.2 Å². The summed E-state index contributed by atoms with van der Waals surface area (Å²) in [6.07, 6.45) is 7.94. The van der Waals surface area contributed by atoms with Crippen molar-refractivity contribution in [2.75, 3.05) is 0 Å². The molecule has 0 atom stereocenters. The molecule has 0 spiro atoms. The fourth-order valence-electron chi connectivity index (χ4n) is 2.45. The number of hydrogen-bond acceptors (Lipinski definition) is 2.